The van der Waals surface area contributed by atoms with Gasteiger partial charge in [-0.2, -0.15) is 0 Å². The van der Waals surface area contributed by atoms with E-state index >= 15 is 0 Å². The van der Waals surface area contributed by atoms with Crippen LogP contribution in [0.25, 0.3) is 0 Å². The molecule has 2 aromatic carbocycles. The van der Waals surface area contributed by atoms with Gasteiger partial charge in [-0.25, -0.2) is 9.79 Å². The standard InChI is InChI=1S/C16H17N3OS/c1-19(2)16(20)18-21-15(13-9-5-3-6-10-13)17-14-11-7-4-8-12-14/h3-12H,1-2H3,(H,18,20). The van der Waals surface area contributed by atoms with Gasteiger partial charge in [0.15, 0.2) is 0 Å². The summed E-state index contributed by atoms with van der Waals surface area (Å²) in [5, 5.41) is 0.747. The summed E-state index contributed by atoms with van der Waals surface area (Å²) >= 11 is 1.21. The number of rotatable bonds is 2. The molecule has 0 aromatic heterocycles. The molecule has 0 atom stereocenters. The van der Waals surface area contributed by atoms with Crippen LogP contribution < -0.4 is 4.72 Å². The van der Waals surface area contributed by atoms with E-state index in [2.05, 4.69) is 9.71 Å². The summed E-state index contributed by atoms with van der Waals surface area (Å²) in [4.78, 5) is 17.8. The van der Waals surface area contributed by atoms with Gasteiger partial charge in [-0.3, -0.25) is 4.72 Å². The summed E-state index contributed by atoms with van der Waals surface area (Å²) in [7, 11) is 3.40. The molecule has 2 amide bonds. The fourth-order valence-corrected chi connectivity index (χ4v) is 2.30. The van der Waals surface area contributed by atoms with Gasteiger partial charge in [0.05, 0.1) is 5.69 Å². The fourth-order valence-electron chi connectivity index (χ4n) is 1.53. The Kier molecular flexibility index (Phi) is 5.40. The highest BCUT2D eigenvalue weighted by molar-refractivity contribution is 8.13. The van der Waals surface area contributed by atoms with Crippen molar-refractivity contribution in [3.05, 3.63) is 66.2 Å². The number of para-hydroxylation sites is 1. The van der Waals surface area contributed by atoms with Gasteiger partial charge in [-0.15, -0.1) is 0 Å². The number of hydrogen-bond donors (Lipinski definition) is 1. The number of carbonyl (C=O) groups excluding carboxylic acids is 1. The van der Waals surface area contributed by atoms with Crippen LogP contribution in [0.5, 0.6) is 0 Å². The van der Waals surface area contributed by atoms with E-state index in [-0.39, 0.29) is 6.03 Å². The third-order valence-corrected chi connectivity index (χ3v) is 3.45. The van der Waals surface area contributed by atoms with E-state index in [1.807, 2.05) is 60.7 Å². The number of benzene rings is 2. The van der Waals surface area contributed by atoms with Crippen LogP contribution in [0.15, 0.2) is 65.7 Å². The maximum atomic E-state index is 11.7. The lowest BCUT2D eigenvalue weighted by atomic mass is 10.2. The topological polar surface area (TPSA) is 44.7 Å². The molecule has 0 radical (unpaired) electrons. The van der Waals surface area contributed by atoms with Gasteiger partial charge in [-0.05, 0) is 12.1 Å². The fraction of sp³-hybridized carbons (Fsp3) is 0.125. The molecule has 0 spiro atoms. The Morgan fingerprint density at radius 1 is 1.00 bits per heavy atom. The molecule has 2 rings (SSSR count). The van der Waals surface area contributed by atoms with Crippen molar-refractivity contribution in [1.29, 1.82) is 0 Å². The number of nitrogens with one attached hydrogen (secondary N) is 1. The highest BCUT2D eigenvalue weighted by Crippen LogP contribution is 2.18. The van der Waals surface area contributed by atoms with Crippen molar-refractivity contribution >= 4 is 28.7 Å². The summed E-state index contributed by atoms with van der Waals surface area (Å²) in [6.45, 7) is 0. The van der Waals surface area contributed by atoms with Crippen molar-refractivity contribution in [2.45, 2.75) is 0 Å². The van der Waals surface area contributed by atoms with Crippen LogP contribution in [0.3, 0.4) is 0 Å². The summed E-state index contributed by atoms with van der Waals surface area (Å²) in [6.07, 6.45) is 0. The first kappa shape index (κ1) is 15.1. The summed E-state index contributed by atoms with van der Waals surface area (Å²) in [6, 6.07) is 19.3. The number of aliphatic imine (C=N–C) groups is 1. The molecule has 1 N–H and O–H groups in total. The molecule has 0 aliphatic rings. The van der Waals surface area contributed by atoms with Crippen LogP contribution in [0, 0.1) is 0 Å². The predicted molar refractivity (Wildman–Crippen MR) is 88.9 cm³/mol. The Morgan fingerprint density at radius 3 is 2.14 bits per heavy atom. The maximum absolute atomic E-state index is 11.7. The van der Waals surface area contributed by atoms with E-state index in [9.17, 15) is 4.79 Å². The number of hydrogen-bond acceptors (Lipinski definition) is 3. The van der Waals surface area contributed by atoms with Gasteiger partial charge in [-0.1, -0.05) is 48.5 Å². The van der Waals surface area contributed by atoms with Crippen LogP contribution in [0.4, 0.5) is 10.5 Å². The molecule has 0 bridgehead atoms. The lowest BCUT2D eigenvalue weighted by molar-refractivity contribution is 0.224. The SMILES string of the molecule is CN(C)C(=O)NSC(=Nc1ccccc1)c1ccccc1. The summed E-state index contributed by atoms with van der Waals surface area (Å²) in [5.74, 6) is 0. The highest BCUT2D eigenvalue weighted by Gasteiger charge is 2.09. The summed E-state index contributed by atoms with van der Waals surface area (Å²) in [5.41, 5.74) is 1.81. The first-order valence-corrected chi connectivity index (χ1v) is 7.32. The minimum absolute atomic E-state index is 0.170. The number of urea groups is 1. The Bertz CT molecular complexity index is 612. The molecule has 5 heteroatoms. The van der Waals surface area contributed by atoms with Crippen LogP contribution in [-0.2, 0) is 0 Å². The van der Waals surface area contributed by atoms with E-state index in [0.29, 0.717) is 0 Å². The van der Waals surface area contributed by atoms with Crippen LogP contribution in [0.2, 0.25) is 0 Å². The molecule has 2 aromatic rings. The van der Waals surface area contributed by atoms with Gasteiger partial charge in [0.25, 0.3) is 0 Å². The maximum Gasteiger partial charge on any atom is 0.327 e. The van der Waals surface area contributed by atoms with Crippen LogP contribution in [-0.4, -0.2) is 30.1 Å². The molecule has 21 heavy (non-hydrogen) atoms. The van der Waals surface area contributed by atoms with Crippen molar-refractivity contribution in [2.75, 3.05) is 14.1 Å². The second kappa shape index (κ2) is 7.50. The number of carbonyl (C=O) groups is 1. The minimum atomic E-state index is -0.170. The molecular formula is C16H17N3OS. The molecular weight excluding hydrogens is 282 g/mol. The van der Waals surface area contributed by atoms with E-state index in [4.69, 9.17) is 0 Å². The van der Waals surface area contributed by atoms with Crippen molar-refractivity contribution in [2.24, 2.45) is 4.99 Å². The number of amides is 2. The number of nitrogens with zero attached hydrogens (tertiary/aromatic N) is 2. The smallest absolute Gasteiger partial charge is 0.327 e. The van der Waals surface area contributed by atoms with Crippen molar-refractivity contribution < 1.29 is 4.79 Å². The third kappa shape index (κ3) is 4.65. The average molecular weight is 299 g/mol. The second-order valence-corrected chi connectivity index (χ2v) is 5.32. The lowest BCUT2D eigenvalue weighted by Gasteiger charge is -2.12. The first-order valence-electron chi connectivity index (χ1n) is 6.50. The van der Waals surface area contributed by atoms with Gasteiger partial charge >= 0.3 is 6.03 Å². The molecule has 0 fully saturated rings. The van der Waals surface area contributed by atoms with Crippen LogP contribution >= 0.6 is 11.9 Å². The summed E-state index contributed by atoms with van der Waals surface area (Å²) < 4.78 is 2.77. The lowest BCUT2D eigenvalue weighted by Crippen LogP contribution is -2.31. The van der Waals surface area contributed by atoms with Gasteiger partial charge < -0.3 is 4.90 Å². The second-order valence-electron chi connectivity index (χ2n) is 4.52. The predicted octanol–water partition coefficient (Wildman–Crippen LogP) is 3.68. The molecule has 0 saturated carbocycles. The molecule has 108 valence electrons. The Labute approximate surface area is 129 Å². The molecule has 0 aliphatic heterocycles. The van der Waals surface area contributed by atoms with Crippen molar-refractivity contribution in [3.63, 3.8) is 0 Å². The average Bonchev–Trinajstić information content (AvgIpc) is 2.52. The monoisotopic (exact) mass is 299 g/mol. The van der Waals surface area contributed by atoms with E-state index in [0.717, 1.165) is 16.3 Å². The Hall–Kier alpha value is -2.27. The minimum Gasteiger partial charge on any atom is -0.330 e. The van der Waals surface area contributed by atoms with Gasteiger partial charge in [0.1, 0.15) is 5.04 Å². The molecule has 0 saturated heterocycles. The Balaban J connectivity index is 2.23. The normalized spacial score (nSPS) is 11.0. The zero-order chi connectivity index (χ0) is 15.1. The van der Waals surface area contributed by atoms with E-state index < -0.39 is 0 Å². The third-order valence-electron chi connectivity index (χ3n) is 2.65. The van der Waals surface area contributed by atoms with Gasteiger partial charge in [0, 0.05) is 31.6 Å². The highest BCUT2D eigenvalue weighted by atomic mass is 32.2. The quantitative estimate of drug-likeness (QED) is 0.522. The van der Waals surface area contributed by atoms with Crippen molar-refractivity contribution in [1.82, 2.24) is 9.62 Å². The Morgan fingerprint density at radius 2 is 1.57 bits per heavy atom. The zero-order valence-corrected chi connectivity index (χ0v) is 12.8. The zero-order valence-electron chi connectivity index (χ0n) is 12.0. The molecule has 0 unspecified atom stereocenters. The first-order chi connectivity index (χ1) is 10.2. The van der Waals surface area contributed by atoms with Crippen LogP contribution in [0.1, 0.15) is 5.56 Å². The largest absolute Gasteiger partial charge is 0.330 e. The van der Waals surface area contributed by atoms with Gasteiger partial charge in [0.2, 0.25) is 0 Å². The molecule has 4 nitrogen and oxygen atoms in total. The van der Waals surface area contributed by atoms with E-state index in [1.165, 1.54) is 16.8 Å². The molecule has 0 heterocycles. The molecule has 0 aliphatic carbocycles. The van der Waals surface area contributed by atoms with Crippen molar-refractivity contribution in [3.8, 4) is 0 Å². The van der Waals surface area contributed by atoms with E-state index in [1.54, 1.807) is 14.1 Å².